The maximum Gasteiger partial charge on any atom is 0.264 e. The molecule has 102 valence electrons. The number of likely N-dealkylation sites (N-methyl/N-ethyl adjacent to an activating group) is 1. The third-order valence-electron chi connectivity index (χ3n) is 3.06. The van der Waals surface area contributed by atoms with Crippen molar-refractivity contribution in [1.29, 1.82) is 0 Å². The van der Waals surface area contributed by atoms with Crippen LogP contribution in [0.25, 0.3) is 6.08 Å². The number of piperidine rings is 1. The summed E-state index contributed by atoms with van der Waals surface area (Å²) in [6.45, 7) is 1.99. The molecule has 1 aliphatic heterocycles. The molecule has 0 aliphatic carbocycles. The van der Waals surface area contributed by atoms with Crippen LogP contribution in [0.1, 0.15) is 18.9 Å². The molecule has 2 amide bonds. The van der Waals surface area contributed by atoms with Crippen LogP contribution in [0.5, 0.6) is 0 Å². The lowest BCUT2D eigenvalue weighted by atomic mass is 10.0. The normalized spacial score (nSPS) is 18.4. The van der Waals surface area contributed by atoms with Gasteiger partial charge in [-0.15, -0.1) is 0 Å². The minimum absolute atomic E-state index is 0.0682. The Balaban J connectivity index is 2.20. The monoisotopic (exact) mass is 269 g/mol. The molecule has 4 heteroatoms. The van der Waals surface area contributed by atoms with Crippen molar-refractivity contribution in [1.82, 2.24) is 4.90 Å². The van der Waals surface area contributed by atoms with Gasteiger partial charge >= 0.3 is 0 Å². The number of allylic oxidation sites excluding steroid dienone is 2. The molecule has 0 radical (unpaired) electrons. The van der Waals surface area contributed by atoms with Crippen molar-refractivity contribution in [2.75, 3.05) is 6.54 Å². The van der Waals surface area contributed by atoms with Crippen molar-refractivity contribution in [2.24, 2.45) is 0 Å². The summed E-state index contributed by atoms with van der Waals surface area (Å²) in [5, 5.41) is 0. The van der Waals surface area contributed by atoms with Crippen molar-refractivity contribution in [3.63, 3.8) is 0 Å². The topological polar surface area (TPSA) is 54.5 Å². The largest absolute Gasteiger partial charge is 0.293 e. The fourth-order valence-electron chi connectivity index (χ4n) is 2.01. The van der Waals surface area contributed by atoms with E-state index >= 15 is 0 Å². The van der Waals surface area contributed by atoms with E-state index in [1.807, 2.05) is 30.3 Å². The van der Waals surface area contributed by atoms with Crippen LogP contribution in [-0.4, -0.2) is 29.0 Å². The van der Waals surface area contributed by atoms with Gasteiger partial charge in [0.2, 0.25) is 5.91 Å². The molecule has 1 aromatic carbocycles. The molecule has 1 saturated heterocycles. The van der Waals surface area contributed by atoms with E-state index in [0.29, 0.717) is 0 Å². The number of Topliss-reactive ketones (excluding diaryl/α,β-unsaturated/α-hetero) is 1. The Labute approximate surface area is 117 Å². The molecule has 0 N–H and O–H groups in total. The summed E-state index contributed by atoms with van der Waals surface area (Å²) in [5.74, 6) is -1.35. The molecular weight excluding hydrogens is 254 g/mol. The number of ketones is 1. The number of imide groups is 1. The average Bonchev–Trinajstić information content (AvgIpc) is 2.44. The second-order valence-electron chi connectivity index (χ2n) is 4.39. The second kappa shape index (κ2) is 6.10. The van der Waals surface area contributed by atoms with Crippen LogP contribution >= 0.6 is 0 Å². The maximum atomic E-state index is 12.0. The van der Waals surface area contributed by atoms with Crippen LogP contribution in [0.2, 0.25) is 0 Å². The van der Waals surface area contributed by atoms with Crippen LogP contribution in [0, 0.1) is 0 Å². The summed E-state index contributed by atoms with van der Waals surface area (Å²) in [6, 6.07) is 9.56. The first-order valence-corrected chi connectivity index (χ1v) is 6.44. The lowest BCUT2D eigenvalue weighted by Gasteiger charge is -2.24. The summed E-state index contributed by atoms with van der Waals surface area (Å²) < 4.78 is 0. The van der Waals surface area contributed by atoms with E-state index in [9.17, 15) is 14.4 Å². The summed E-state index contributed by atoms with van der Waals surface area (Å²) in [4.78, 5) is 36.4. The van der Waals surface area contributed by atoms with E-state index in [1.54, 1.807) is 19.1 Å². The Morgan fingerprint density at radius 3 is 2.50 bits per heavy atom. The van der Waals surface area contributed by atoms with Gasteiger partial charge in [-0.2, -0.15) is 0 Å². The predicted octanol–water partition coefficient (Wildman–Crippen LogP) is 1.97. The van der Waals surface area contributed by atoms with Gasteiger partial charge in [0.15, 0.2) is 5.78 Å². The molecule has 2 rings (SSSR count). The smallest absolute Gasteiger partial charge is 0.264 e. The van der Waals surface area contributed by atoms with Gasteiger partial charge in [-0.25, -0.2) is 0 Å². The lowest BCUT2D eigenvalue weighted by molar-refractivity contribution is -0.147. The number of amides is 2. The fraction of sp³-hybridized carbons (Fsp3) is 0.188. The van der Waals surface area contributed by atoms with Gasteiger partial charge < -0.3 is 0 Å². The van der Waals surface area contributed by atoms with E-state index in [2.05, 4.69) is 0 Å². The number of carbonyl (C=O) groups excluding carboxylic acids is 3. The minimum atomic E-state index is -0.508. The highest BCUT2D eigenvalue weighted by molar-refractivity contribution is 6.30. The van der Waals surface area contributed by atoms with Gasteiger partial charge in [-0.05, 0) is 18.6 Å². The Kier molecular flexibility index (Phi) is 4.25. The Hall–Kier alpha value is -2.49. The number of likely N-dealkylation sites (tertiary alicyclic amines) is 1. The van der Waals surface area contributed by atoms with E-state index in [1.165, 1.54) is 6.08 Å². The lowest BCUT2D eigenvalue weighted by Crippen LogP contribution is -2.44. The van der Waals surface area contributed by atoms with Gasteiger partial charge in [-0.3, -0.25) is 19.3 Å². The van der Waals surface area contributed by atoms with Crippen LogP contribution in [0.15, 0.2) is 48.1 Å². The maximum absolute atomic E-state index is 12.0. The van der Waals surface area contributed by atoms with Crippen LogP contribution in [0.4, 0.5) is 0 Å². The summed E-state index contributed by atoms with van der Waals surface area (Å²) in [5.41, 5.74) is 1.04. The fourth-order valence-corrected chi connectivity index (χ4v) is 2.01. The SMILES string of the molecule is CCN1C(=O)CC(=O)/C(=C\C=C\c2ccccc2)C1=O. The molecule has 1 aliphatic rings. The van der Waals surface area contributed by atoms with Crippen molar-refractivity contribution < 1.29 is 14.4 Å². The molecule has 4 nitrogen and oxygen atoms in total. The molecule has 1 fully saturated rings. The molecule has 1 aromatic rings. The highest BCUT2D eigenvalue weighted by atomic mass is 16.2. The quantitative estimate of drug-likeness (QED) is 0.365. The molecule has 0 saturated carbocycles. The number of hydrogen-bond donors (Lipinski definition) is 0. The highest BCUT2D eigenvalue weighted by Gasteiger charge is 2.34. The molecule has 1 heterocycles. The molecule has 0 bridgehead atoms. The third-order valence-corrected chi connectivity index (χ3v) is 3.06. The van der Waals surface area contributed by atoms with Gasteiger partial charge in [-0.1, -0.05) is 42.5 Å². The number of nitrogens with zero attached hydrogens (tertiary/aromatic N) is 1. The van der Waals surface area contributed by atoms with Crippen molar-refractivity contribution in [3.8, 4) is 0 Å². The summed E-state index contributed by atoms with van der Waals surface area (Å²) >= 11 is 0. The first-order chi connectivity index (χ1) is 9.63. The van der Waals surface area contributed by atoms with Gasteiger partial charge in [0.25, 0.3) is 5.91 Å². The van der Waals surface area contributed by atoms with E-state index in [-0.39, 0.29) is 18.5 Å². The average molecular weight is 269 g/mol. The van der Waals surface area contributed by atoms with E-state index in [4.69, 9.17) is 0 Å². The molecule has 0 aromatic heterocycles. The van der Waals surface area contributed by atoms with Gasteiger partial charge in [0.1, 0.15) is 0 Å². The Morgan fingerprint density at radius 2 is 1.85 bits per heavy atom. The van der Waals surface area contributed by atoms with Crippen molar-refractivity contribution >= 4 is 23.7 Å². The number of carbonyl (C=O) groups is 3. The van der Waals surface area contributed by atoms with Gasteiger partial charge in [0.05, 0.1) is 12.0 Å². The summed E-state index contributed by atoms with van der Waals surface area (Å²) in [6.07, 6.45) is 4.71. The number of hydrogen-bond acceptors (Lipinski definition) is 3. The Morgan fingerprint density at radius 1 is 1.15 bits per heavy atom. The van der Waals surface area contributed by atoms with E-state index < -0.39 is 17.6 Å². The standard InChI is InChI=1S/C16H15NO3/c1-2-17-15(19)11-14(18)13(16(17)20)10-6-9-12-7-4-3-5-8-12/h3-10H,2,11H2,1H3/b9-6+,13-10+. The zero-order valence-corrected chi connectivity index (χ0v) is 11.2. The second-order valence-corrected chi connectivity index (χ2v) is 4.39. The zero-order valence-electron chi connectivity index (χ0n) is 11.2. The number of rotatable bonds is 3. The van der Waals surface area contributed by atoms with Gasteiger partial charge in [0, 0.05) is 6.54 Å². The van der Waals surface area contributed by atoms with Crippen molar-refractivity contribution in [3.05, 3.63) is 53.6 Å². The van der Waals surface area contributed by atoms with E-state index in [0.717, 1.165) is 10.5 Å². The first kappa shape index (κ1) is 13.9. The minimum Gasteiger partial charge on any atom is -0.293 e. The predicted molar refractivity (Wildman–Crippen MR) is 75.6 cm³/mol. The molecular formula is C16H15NO3. The highest BCUT2D eigenvalue weighted by Crippen LogP contribution is 2.15. The third kappa shape index (κ3) is 2.91. The van der Waals surface area contributed by atoms with Crippen LogP contribution < -0.4 is 0 Å². The number of benzene rings is 1. The molecule has 0 unspecified atom stereocenters. The zero-order chi connectivity index (χ0) is 14.5. The van der Waals surface area contributed by atoms with Crippen molar-refractivity contribution in [2.45, 2.75) is 13.3 Å². The van der Waals surface area contributed by atoms with Crippen LogP contribution in [-0.2, 0) is 14.4 Å². The molecule has 0 atom stereocenters. The van der Waals surface area contributed by atoms with Crippen LogP contribution in [0.3, 0.4) is 0 Å². The first-order valence-electron chi connectivity index (χ1n) is 6.44. The molecule has 0 spiro atoms. The molecule has 20 heavy (non-hydrogen) atoms. The Bertz CT molecular complexity index is 599. The summed E-state index contributed by atoms with van der Waals surface area (Å²) in [7, 11) is 0.